The summed E-state index contributed by atoms with van der Waals surface area (Å²) in [5.74, 6) is 0. The fraction of sp³-hybridized carbons (Fsp3) is 0.0824. The van der Waals surface area contributed by atoms with Gasteiger partial charge in [-0.1, -0.05) is 313 Å². The molecule has 0 saturated heterocycles. The first-order chi connectivity index (χ1) is 45.7. The molecule has 95 heavy (non-hydrogen) atoms. The van der Waals surface area contributed by atoms with E-state index in [1.165, 1.54) is 59.9 Å². The molecule has 0 aliphatic rings. The Bertz CT molecular complexity index is 4180. The van der Waals surface area contributed by atoms with E-state index in [4.69, 9.17) is 0 Å². The number of benzene rings is 13. The molecule has 0 atom stereocenters. The zero-order valence-corrected chi connectivity index (χ0v) is 60.7. The van der Waals surface area contributed by atoms with Crippen molar-refractivity contribution in [2.75, 3.05) is 26.7 Å². The largest absolute Gasteiger partial charge is 1.00 e. The predicted octanol–water partition coefficient (Wildman–Crippen LogP) is 20.4. The van der Waals surface area contributed by atoms with Gasteiger partial charge < -0.3 is 9.13 Å². The molecule has 0 heterocycles. The van der Waals surface area contributed by atoms with Crippen LogP contribution >= 0.6 is 78.1 Å². The monoisotopic (exact) mass is 1400 g/mol. The van der Waals surface area contributed by atoms with Gasteiger partial charge in [0.25, 0.3) is 0 Å². The Morgan fingerprint density at radius 3 is 0.684 bits per heavy atom. The van der Waals surface area contributed by atoms with E-state index in [0.29, 0.717) is 0 Å². The number of thioether (sulfide) groups is 3. The molecule has 13 aromatic rings. The van der Waals surface area contributed by atoms with Crippen molar-refractivity contribution in [3.63, 3.8) is 0 Å². The molecule has 0 amide bonds. The Morgan fingerprint density at radius 1 is 0.284 bits per heavy atom. The molecule has 0 fully saturated rings. The Balaban J connectivity index is 0.000000155. The molecule has 0 aromatic heterocycles. The third kappa shape index (κ3) is 18.5. The van der Waals surface area contributed by atoms with E-state index >= 15 is 0 Å². The quantitative estimate of drug-likeness (QED) is 0.0245. The van der Waals surface area contributed by atoms with E-state index in [1.54, 1.807) is 13.3 Å². The van der Waals surface area contributed by atoms with Crippen molar-refractivity contribution < 1.29 is 28.0 Å². The van der Waals surface area contributed by atoms with Gasteiger partial charge in [-0.2, -0.15) is 30.3 Å². The molecule has 0 unspecified atom stereocenters. The predicted molar refractivity (Wildman–Crippen MR) is 413 cm³/mol. The summed E-state index contributed by atoms with van der Waals surface area (Å²) in [4.78, 5) is 4.50. The maximum absolute atomic E-state index is 12.5. The molecule has 0 N–H and O–H groups in total. The molecule has 10 heteroatoms. The molecular weight excluding hydrogens is 1330 g/mol. The first kappa shape index (κ1) is 72.1. The summed E-state index contributed by atoms with van der Waals surface area (Å²) in [5.41, 5.74) is 11.3. The van der Waals surface area contributed by atoms with Gasteiger partial charge in [0, 0.05) is 29.8 Å². The fourth-order valence-corrected chi connectivity index (χ4v) is 17.6. The molecule has 0 aliphatic carbocycles. The SMILES string of the molecule is Brc1ccc(SC(c2ccccc2)(c2ccccc2)c2ccccc2)cc1.CP(C)(=O)c1ccc(S)cc1.CP(C)(=O)c1ccc(SC(c2ccccc2)(c2ccccc2)c2ccccc2)cc1.[Li+].[c-]1ccc(SC(c2ccccc2)(c2ccccc2)c2ccccc2)cc1. The fourth-order valence-electron chi connectivity index (χ4n) is 11.2. The van der Waals surface area contributed by atoms with E-state index in [2.05, 4.69) is 356 Å². The number of hydrogen-bond acceptors (Lipinski definition) is 6. The Kier molecular flexibility index (Phi) is 26.3. The average molecular weight is 1400 g/mol. The standard InChI is InChI=1S/C27H25OPS.C25H19BrS.C25H19S.C8H11OPS.Li/c1-29(2,28)25-18-20-26(21-19-25)30-27(22-12-6-3-7-13-22,23-14-8-4-9-15-23)24-16-10-5-11-17-24;26-23-16-18-24(19-17-23)27-25(20-10-4-1-5-11-20,21-12-6-2-7-13-21)22-14-8-3-9-15-22;1-5-13-21(14-6-1)25(22-15-7-2-8-16-22,23-17-9-3-10-18-23)26-24-19-11-4-12-20-24;1-10(2,9)7-3-5-8(11)6-4-7;/h3-21H,1-2H3;1-19H;1-3,5-20H;3-6,11H,1-2H3;/q;;-1;;+1. The van der Waals surface area contributed by atoms with Crippen LogP contribution in [0.1, 0.15) is 50.1 Å². The minimum Gasteiger partial charge on any atom is -0.319 e. The maximum atomic E-state index is 12.5. The van der Waals surface area contributed by atoms with Gasteiger partial charge >= 0.3 is 18.9 Å². The van der Waals surface area contributed by atoms with Gasteiger partial charge in [0.15, 0.2) is 0 Å². The van der Waals surface area contributed by atoms with Gasteiger partial charge in [-0.25, -0.2) is 0 Å². The van der Waals surface area contributed by atoms with Crippen molar-refractivity contribution in [1.29, 1.82) is 0 Å². The average Bonchev–Trinajstić information content (AvgIpc) is 0.774. The van der Waals surface area contributed by atoms with Crippen molar-refractivity contribution in [2.24, 2.45) is 0 Å². The Labute approximate surface area is 602 Å². The molecule has 0 aliphatic heterocycles. The molecule has 13 aromatic carbocycles. The molecule has 2 nitrogen and oxygen atoms in total. The summed E-state index contributed by atoms with van der Waals surface area (Å²) in [6, 6.07) is 132. The van der Waals surface area contributed by atoms with Gasteiger partial charge in [0.1, 0.15) is 14.3 Å². The van der Waals surface area contributed by atoms with E-state index in [1.807, 2.05) is 97.1 Å². The third-order valence-electron chi connectivity index (χ3n) is 15.9. The van der Waals surface area contributed by atoms with Crippen LogP contribution in [-0.4, -0.2) is 26.7 Å². The smallest absolute Gasteiger partial charge is 0.319 e. The van der Waals surface area contributed by atoms with Crippen molar-refractivity contribution in [3.8, 4) is 0 Å². The summed E-state index contributed by atoms with van der Waals surface area (Å²) >= 11 is 13.3. The number of halogens is 1. The van der Waals surface area contributed by atoms with Gasteiger partial charge in [0.2, 0.25) is 0 Å². The minimum absolute atomic E-state index is 0. The van der Waals surface area contributed by atoms with Gasteiger partial charge in [-0.15, -0.1) is 52.8 Å². The van der Waals surface area contributed by atoms with E-state index in [-0.39, 0.29) is 28.4 Å². The zero-order chi connectivity index (χ0) is 65.7. The van der Waals surface area contributed by atoms with Crippen LogP contribution in [0.5, 0.6) is 0 Å². The number of thiol groups is 1. The molecule has 0 radical (unpaired) electrons. The maximum Gasteiger partial charge on any atom is 1.00 e. The van der Waals surface area contributed by atoms with Crippen LogP contribution in [0.15, 0.2) is 394 Å². The molecule has 0 spiro atoms. The summed E-state index contributed by atoms with van der Waals surface area (Å²) in [7, 11) is -4.34. The Hall–Kier alpha value is -7.20. The van der Waals surface area contributed by atoms with Crippen molar-refractivity contribution >= 4 is 88.7 Å². The summed E-state index contributed by atoms with van der Waals surface area (Å²) in [5, 5.41) is 1.83. The van der Waals surface area contributed by atoms with Crippen LogP contribution in [-0.2, 0) is 23.4 Å². The second-order valence-corrected chi connectivity index (χ2v) is 34.8. The summed E-state index contributed by atoms with van der Waals surface area (Å²) in [6.45, 7) is 7.16. The van der Waals surface area contributed by atoms with Gasteiger partial charge in [0.05, 0.1) is 14.2 Å². The second-order valence-electron chi connectivity index (χ2n) is 23.0. The van der Waals surface area contributed by atoms with Crippen LogP contribution in [0, 0.1) is 6.07 Å². The van der Waals surface area contributed by atoms with Crippen LogP contribution in [0.25, 0.3) is 0 Å². The zero-order valence-electron chi connectivity index (χ0n) is 54.0. The van der Waals surface area contributed by atoms with Crippen molar-refractivity contribution in [2.45, 2.75) is 33.8 Å². The number of hydrogen-bond donors (Lipinski definition) is 1. The molecule has 0 saturated carbocycles. The van der Waals surface area contributed by atoms with Crippen LogP contribution in [0.4, 0.5) is 0 Å². The molecule has 468 valence electrons. The van der Waals surface area contributed by atoms with E-state index in [0.717, 1.165) is 24.9 Å². The first-order valence-electron chi connectivity index (χ1n) is 31.0. The topological polar surface area (TPSA) is 34.1 Å². The van der Waals surface area contributed by atoms with Crippen LogP contribution in [0.3, 0.4) is 0 Å². The van der Waals surface area contributed by atoms with Crippen molar-refractivity contribution in [1.82, 2.24) is 0 Å². The van der Waals surface area contributed by atoms with Crippen molar-refractivity contribution in [3.05, 3.63) is 431 Å². The normalized spacial score (nSPS) is 11.4. The van der Waals surface area contributed by atoms with Crippen LogP contribution < -0.4 is 29.5 Å². The third-order valence-corrected chi connectivity index (χ3v) is 24.3. The summed E-state index contributed by atoms with van der Waals surface area (Å²) < 4.78 is 24.0. The van der Waals surface area contributed by atoms with E-state index in [9.17, 15) is 9.13 Å². The van der Waals surface area contributed by atoms with Gasteiger partial charge in [-0.05, 0) is 125 Å². The van der Waals surface area contributed by atoms with Crippen LogP contribution in [0.2, 0.25) is 0 Å². The second kappa shape index (κ2) is 34.6. The van der Waals surface area contributed by atoms with E-state index < -0.39 is 19.0 Å². The molecular formula is C85H74BrLiO2P2S4. The first-order valence-corrected chi connectivity index (χ1v) is 39.9. The minimum atomic E-state index is -2.27. The molecule has 0 bridgehead atoms. The summed E-state index contributed by atoms with van der Waals surface area (Å²) in [6.07, 6.45) is 0. The Morgan fingerprint density at radius 2 is 0.474 bits per heavy atom. The van der Waals surface area contributed by atoms with Gasteiger partial charge in [-0.3, -0.25) is 0 Å². The molecule has 13 rings (SSSR count). The number of rotatable bonds is 17.